The Bertz CT molecular complexity index is 1200. The van der Waals surface area contributed by atoms with Gasteiger partial charge in [-0.2, -0.15) is 4.31 Å². The molecule has 1 saturated heterocycles. The summed E-state index contributed by atoms with van der Waals surface area (Å²) in [6.07, 6.45) is 5.04. The highest BCUT2D eigenvalue weighted by molar-refractivity contribution is 7.92. The maximum absolute atomic E-state index is 12.9. The Kier molecular flexibility index (Phi) is 6.69. The van der Waals surface area contributed by atoms with Gasteiger partial charge in [0.15, 0.2) is 0 Å². The molecule has 32 heavy (non-hydrogen) atoms. The summed E-state index contributed by atoms with van der Waals surface area (Å²) in [5.74, 6) is -0.100. The third-order valence-electron chi connectivity index (χ3n) is 5.31. The van der Waals surface area contributed by atoms with Gasteiger partial charge < -0.3 is 4.90 Å². The number of rotatable bonds is 5. The van der Waals surface area contributed by atoms with E-state index < -0.39 is 10.0 Å². The minimum atomic E-state index is -3.57. The fraction of sp³-hybridized carbons (Fsp3) is 0.167. The van der Waals surface area contributed by atoms with Gasteiger partial charge in [-0.1, -0.05) is 41.9 Å². The number of sulfonamides is 1. The topological polar surface area (TPSA) is 70.6 Å². The molecule has 164 valence electrons. The van der Waals surface area contributed by atoms with Crippen molar-refractivity contribution >= 4 is 33.6 Å². The number of benzene rings is 2. The van der Waals surface area contributed by atoms with E-state index in [0.717, 1.165) is 16.7 Å². The molecular formula is C24H22ClN3O3S. The molecule has 1 fully saturated rings. The Labute approximate surface area is 192 Å². The van der Waals surface area contributed by atoms with Crippen molar-refractivity contribution in [3.8, 4) is 11.1 Å². The number of piperazine rings is 1. The first-order valence-electron chi connectivity index (χ1n) is 10.2. The van der Waals surface area contributed by atoms with Gasteiger partial charge in [-0.15, -0.1) is 0 Å². The van der Waals surface area contributed by atoms with Crippen molar-refractivity contribution in [2.45, 2.75) is 0 Å². The number of carbonyl (C=O) groups excluding carboxylic acids is 1. The van der Waals surface area contributed by atoms with E-state index in [0.29, 0.717) is 23.7 Å². The number of pyridine rings is 1. The molecule has 0 unspecified atom stereocenters. The van der Waals surface area contributed by atoms with Gasteiger partial charge in [-0.3, -0.25) is 9.78 Å². The van der Waals surface area contributed by atoms with Gasteiger partial charge >= 0.3 is 0 Å². The molecule has 1 aliphatic heterocycles. The van der Waals surface area contributed by atoms with E-state index in [-0.39, 0.29) is 19.0 Å². The maximum atomic E-state index is 12.9. The molecule has 4 rings (SSSR count). The van der Waals surface area contributed by atoms with Gasteiger partial charge in [0, 0.05) is 54.6 Å². The van der Waals surface area contributed by atoms with Crippen LogP contribution in [0, 0.1) is 0 Å². The number of hydrogen-bond acceptors (Lipinski definition) is 4. The van der Waals surface area contributed by atoms with Gasteiger partial charge in [0.1, 0.15) is 0 Å². The highest BCUT2D eigenvalue weighted by Gasteiger charge is 2.27. The quantitative estimate of drug-likeness (QED) is 0.565. The van der Waals surface area contributed by atoms with E-state index in [1.165, 1.54) is 9.71 Å². The summed E-state index contributed by atoms with van der Waals surface area (Å²) in [4.78, 5) is 18.7. The van der Waals surface area contributed by atoms with Crippen LogP contribution in [0.5, 0.6) is 0 Å². The van der Waals surface area contributed by atoms with Crippen LogP contribution in [0.2, 0.25) is 5.02 Å². The number of nitrogens with zero attached hydrogens (tertiary/aromatic N) is 3. The van der Waals surface area contributed by atoms with Crippen LogP contribution in [0.4, 0.5) is 0 Å². The average Bonchev–Trinajstić information content (AvgIpc) is 2.84. The molecular weight excluding hydrogens is 446 g/mol. The first kappa shape index (κ1) is 22.2. The van der Waals surface area contributed by atoms with E-state index in [2.05, 4.69) is 4.98 Å². The van der Waals surface area contributed by atoms with Crippen LogP contribution in [0.1, 0.15) is 15.9 Å². The molecule has 1 aliphatic rings. The molecule has 0 saturated carbocycles. The van der Waals surface area contributed by atoms with Crippen LogP contribution < -0.4 is 0 Å². The molecule has 8 heteroatoms. The fourth-order valence-electron chi connectivity index (χ4n) is 3.49. The van der Waals surface area contributed by atoms with Crippen LogP contribution in [0.25, 0.3) is 17.2 Å². The standard InChI is InChI=1S/C24H22ClN3O3S/c25-23-9-3-19(4-10-23)11-17-32(30,31)28-15-13-27(14-16-28)24(29)21-7-5-20(6-8-21)22-2-1-12-26-18-22/h1-12,17-18H,13-16H2/b17-11+. The largest absolute Gasteiger partial charge is 0.336 e. The summed E-state index contributed by atoms with van der Waals surface area (Å²) < 4.78 is 26.7. The smallest absolute Gasteiger partial charge is 0.253 e. The van der Waals surface area contributed by atoms with Gasteiger partial charge in [0.25, 0.3) is 5.91 Å². The Balaban J connectivity index is 1.36. The molecule has 1 amide bonds. The SMILES string of the molecule is O=C(c1ccc(-c2cccnc2)cc1)N1CCN(S(=O)(=O)/C=C/c2ccc(Cl)cc2)CC1. The second kappa shape index (κ2) is 9.65. The number of carbonyl (C=O) groups is 1. The van der Waals surface area contributed by atoms with Crippen molar-refractivity contribution < 1.29 is 13.2 Å². The van der Waals surface area contributed by atoms with Crippen molar-refractivity contribution in [1.29, 1.82) is 0 Å². The Morgan fingerprint density at radius 3 is 2.22 bits per heavy atom. The summed E-state index contributed by atoms with van der Waals surface area (Å²) in [6.45, 7) is 1.20. The van der Waals surface area contributed by atoms with Crippen LogP contribution in [-0.2, 0) is 10.0 Å². The van der Waals surface area contributed by atoms with E-state index in [1.54, 1.807) is 59.8 Å². The van der Waals surface area contributed by atoms with Gasteiger partial charge in [0.05, 0.1) is 0 Å². The zero-order chi connectivity index (χ0) is 22.6. The monoisotopic (exact) mass is 467 g/mol. The third-order valence-corrected chi connectivity index (χ3v) is 7.13. The molecule has 0 spiro atoms. The van der Waals surface area contributed by atoms with Gasteiger partial charge in [-0.05, 0) is 53.1 Å². The van der Waals surface area contributed by atoms with Crippen LogP contribution in [0.15, 0.2) is 78.5 Å². The molecule has 0 atom stereocenters. The summed E-state index contributed by atoms with van der Waals surface area (Å²) in [7, 11) is -3.57. The van der Waals surface area contributed by atoms with E-state index in [1.807, 2.05) is 24.3 Å². The lowest BCUT2D eigenvalue weighted by molar-refractivity contribution is 0.0698. The molecule has 1 aromatic heterocycles. The molecule has 0 N–H and O–H groups in total. The second-order valence-electron chi connectivity index (χ2n) is 7.41. The number of amides is 1. The Morgan fingerprint density at radius 1 is 0.906 bits per heavy atom. The maximum Gasteiger partial charge on any atom is 0.253 e. The highest BCUT2D eigenvalue weighted by atomic mass is 35.5. The zero-order valence-electron chi connectivity index (χ0n) is 17.3. The van der Waals surface area contributed by atoms with Crippen molar-refractivity contribution in [2.75, 3.05) is 26.2 Å². The summed E-state index contributed by atoms with van der Waals surface area (Å²) in [5, 5.41) is 1.79. The molecule has 0 bridgehead atoms. The van der Waals surface area contributed by atoms with Crippen LogP contribution in [-0.4, -0.2) is 54.7 Å². The van der Waals surface area contributed by atoms with Crippen molar-refractivity contribution in [1.82, 2.24) is 14.2 Å². The predicted molar refractivity (Wildman–Crippen MR) is 127 cm³/mol. The normalized spacial score (nSPS) is 15.2. The first-order valence-corrected chi connectivity index (χ1v) is 12.0. The predicted octanol–water partition coefficient (Wildman–Crippen LogP) is 4.16. The molecule has 2 aromatic carbocycles. The summed E-state index contributed by atoms with van der Waals surface area (Å²) >= 11 is 5.86. The lowest BCUT2D eigenvalue weighted by Crippen LogP contribution is -2.50. The minimum absolute atomic E-state index is 0.100. The van der Waals surface area contributed by atoms with E-state index >= 15 is 0 Å². The Morgan fingerprint density at radius 2 is 1.59 bits per heavy atom. The van der Waals surface area contributed by atoms with E-state index in [9.17, 15) is 13.2 Å². The molecule has 0 aliphatic carbocycles. The Hall–Kier alpha value is -3.00. The van der Waals surface area contributed by atoms with Crippen molar-refractivity contribution in [3.05, 3.63) is 94.6 Å². The van der Waals surface area contributed by atoms with Crippen molar-refractivity contribution in [2.24, 2.45) is 0 Å². The van der Waals surface area contributed by atoms with Gasteiger partial charge in [0.2, 0.25) is 10.0 Å². The minimum Gasteiger partial charge on any atom is -0.336 e. The number of halogens is 1. The average molecular weight is 468 g/mol. The molecule has 2 heterocycles. The van der Waals surface area contributed by atoms with Crippen LogP contribution >= 0.6 is 11.6 Å². The molecule has 0 radical (unpaired) electrons. The summed E-state index contributed by atoms with van der Waals surface area (Å²) in [5.41, 5.74) is 3.30. The van der Waals surface area contributed by atoms with Crippen LogP contribution in [0.3, 0.4) is 0 Å². The fourth-order valence-corrected chi connectivity index (χ4v) is 4.79. The number of hydrogen-bond donors (Lipinski definition) is 0. The summed E-state index contributed by atoms with van der Waals surface area (Å²) in [6, 6.07) is 18.1. The van der Waals surface area contributed by atoms with Crippen molar-refractivity contribution in [3.63, 3.8) is 0 Å². The second-order valence-corrected chi connectivity index (χ2v) is 9.66. The lowest BCUT2D eigenvalue weighted by Gasteiger charge is -2.33. The zero-order valence-corrected chi connectivity index (χ0v) is 18.8. The van der Waals surface area contributed by atoms with Gasteiger partial charge in [-0.25, -0.2) is 8.42 Å². The first-order chi connectivity index (χ1) is 15.4. The number of aromatic nitrogens is 1. The lowest BCUT2D eigenvalue weighted by atomic mass is 10.1. The highest BCUT2D eigenvalue weighted by Crippen LogP contribution is 2.20. The third kappa shape index (κ3) is 5.24. The molecule has 3 aromatic rings. The molecule has 6 nitrogen and oxygen atoms in total. The van der Waals surface area contributed by atoms with E-state index in [4.69, 9.17) is 11.6 Å².